The minimum Gasteiger partial charge on any atom is -0.316 e. The first-order valence-electron chi connectivity index (χ1n) is 9.61. The molecule has 2 aromatic rings. The number of rotatable bonds is 3. The normalized spacial score (nSPS) is 21.3. The van der Waals surface area contributed by atoms with Crippen LogP contribution in [0.3, 0.4) is 0 Å². The van der Waals surface area contributed by atoms with Gasteiger partial charge in [-0.3, -0.25) is 0 Å². The predicted molar refractivity (Wildman–Crippen MR) is 102 cm³/mol. The number of carbonyl (C=O) groups excluding carboxylic acids is 2. The molecule has 0 bridgehead atoms. The van der Waals surface area contributed by atoms with Gasteiger partial charge in [-0.2, -0.15) is 0 Å². The molecule has 2 aromatic carbocycles. The van der Waals surface area contributed by atoms with Gasteiger partial charge in [0.25, 0.3) is 0 Å². The third kappa shape index (κ3) is 3.77. The first kappa shape index (κ1) is 18.6. The standard InChI is InChI=1S/C22H22F2N2O2/c23-18-9-17-11-26(12-20(17)21(24)10-18)22(28)25-19-7-5-16(6-8-19)15-3-1-14(13-27)2-4-15/h5-10,13-15H,1-4,11-12H2,(H,25,28). The number of benzene rings is 2. The van der Waals surface area contributed by atoms with E-state index in [9.17, 15) is 18.4 Å². The quantitative estimate of drug-likeness (QED) is 0.759. The van der Waals surface area contributed by atoms with Crippen LogP contribution in [0.25, 0.3) is 0 Å². The van der Waals surface area contributed by atoms with Crippen molar-refractivity contribution in [2.24, 2.45) is 5.92 Å². The molecule has 146 valence electrons. The highest BCUT2D eigenvalue weighted by Crippen LogP contribution is 2.35. The fourth-order valence-electron chi connectivity index (χ4n) is 4.20. The van der Waals surface area contributed by atoms with Gasteiger partial charge in [0, 0.05) is 29.8 Å². The zero-order valence-electron chi connectivity index (χ0n) is 15.5. The van der Waals surface area contributed by atoms with Crippen LogP contribution in [0.2, 0.25) is 0 Å². The van der Waals surface area contributed by atoms with E-state index in [1.54, 1.807) is 0 Å². The highest BCUT2D eigenvalue weighted by molar-refractivity contribution is 5.89. The second-order valence-corrected chi connectivity index (χ2v) is 7.68. The second-order valence-electron chi connectivity index (χ2n) is 7.68. The largest absolute Gasteiger partial charge is 0.322 e. The fraction of sp³-hybridized carbons (Fsp3) is 0.364. The Hall–Kier alpha value is -2.76. The van der Waals surface area contributed by atoms with E-state index < -0.39 is 11.6 Å². The number of urea groups is 1. The fourth-order valence-corrected chi connectivity index (χ4v) is 4.20. The summed E-state index contributed by atoms with van der Waals surface area (Å²) in [5.41, 5.74) is 2.76. The van der Waals surface area contributed by atoms with Gasteiger partial charge < -0.3 is 15.0 Å². The van der Waals surface area contributed by atoms with Crippen LogP contribution in [0.1, 0.15) is 48.3 Å². The van der Waals surface area contributed by atoms with Gasteiger partial charge in [0.15, 0.2) is 0 Å². The summed E-state index contributed by atoms with van der Waals surface area (Å²) in [4.78, 5) is 24.8. The number of nitrogens with one attached hydrogen (secondary N) is 1. The topological polar surface area (TPSA) is 49.4 Å². The maximum atomic E-state index is 13.9. The number of carbonyl (C=O) groups is 2. The molecule has 1 N–H and O–H groups in total. The first-order chi connectivity index (χ1) is 13.5. The Morgan fingerprint density at radius 2 is 1.75 bits per heavy atom. The maximum absolute atomic E-state index is 13.9. The summed E-state index contributed by atoms with van der Waals surface area (Å²) in [6, 6.07) is 9.53. The lowest BCUT2D eigenvalue weighted by Crippen LogP contribution is -2.30. The van der Waals surface area contributed by atoms with Crippen LogP contribution >= 0.6 is 0 Å². The first-order valence-corrected chi connectivity index (χ1v) is 9.61. The summed E-state index contributed by atoms with van der Waals surface area (Å²) in [6.07, 6.45) is 4.93. The van der Waals surface area contributed by atoms with Crippen molar-refractivity contribution in [1.29, 1.82) is 0 Å². The Morgan fingerprint density at radius 1 is 1.04 bits per heavy atom. The van der Waals surface area contributed by atoms with Crippen molar-refractivity contribution in [1.82, 2.24) is 4.90 Å². The van der Waals surface area contributed by atoms with Crippen molar-refractivity contribution in [3.63, 3.8) is 0 Å². The van der Waals surface area contributed by atoms with E-state index in [-0.39, 0.29) is 25.0 Å². The van der Waals surface area contributed by atoms with E-state index in [2.05, 4.69) is 5.32 Å². The van der Waals surface area contributed by atoms with E-state index in [1.807, 2.05) is 24.3 Å². The molecule has 1 aliphatic heterocycles. The van der Waals surface area contributed by atoms with Crippen molar-refractivity contribution in [3.05, 3.63) is 64.7 Å². The lowest BCUT2D eigenvalue weighted by molar-refractivity contribution is -0.111. The van der Waals surface area contributed by atoms with Gasteiger partial charge in [0.2, 0.25) is 0 Å². The average molecular weight is 384 g/mol. The molecule has 1 saturated carbocycles. The molecule has 2 amide bonds. The molecule has 6 heteroatoms. The van der Waals surface area contributed by atoms with Crippen LogP contribution in [0.5, 0.6) is 0 Å². The molecule has 1 fully saturated rings. The Labute approximate surface area is 162 Å². The van der Waals surface area contributed by atoms with E-state index in [0.717, 1.165) is 38.0 Å². The number of fused-ring (bicyclic) bond motifs is 1. The molecule has 1 heterocycles. The molecule has 0 unspecified atom stereocenters. The average Bonchev–Trinajstić information content (AvgIpc) is 3.13. The Morgan fingerprint density at radius 3 is 2.43 bits per heavy atom. The van der Waals surface area contributed by atoms with Crippen molar-refractivity contribution in [2.75, 3.05) is 5.32 Å². The van der Waals surface area contributed by atoms with Crippen molar-refractivity contribution in [2.45, 2.75) is 44.7 Å². The number of nitrogens with zero attached hydrogens (tertiary/aromatic N) is 1. The SMILES string of the molecule is O=CC1CCC(c2ccc(NC(=O)N3Cc4cc(F)cc(F)c4C3)cc2)CC1. The van der Waals surface area contributed by atoms with Crippen LogP contribution in [-0.2, 0) is 17.9 Å². The smallest absolute Gasteiger partial charge is 0.316 e. The lowest BCUT2D eigenvalue weighted by Gasteiger charge is -2.26. The van der Waals surface area contributed by atoms with Crippen LogP contribution in [0, 0.1) is 17.6 Å². The van der Waals surface area contributed by atoms with E-state index in [0.29, 0.717) is 22.7 Å². The Balaban J connectivity index is 1.37. The van der Waals surface area contributed by atoms with Crippen molar-refractivity contribution >= 4 is 18.0 Å². The number of anilines is 1. The summed E-state index contributed by atoms with van der Waals surface area (Å²) < 4.78 is 27.2. The van der Waals surface area contributed by atoms with Crippen LogP contribution in [0.4, 0.5) is 19.3 Å². The predicted octanol–water partition coefficient (Wildman–Crippen LogP) is 4.99. The lowest BCUT2D eigenvalue weighted by atomic mass is 9.79. The van der Waals surface area contributed by atoms with Gasteiger partial charge in [-0.05, 0) is 60.9 Å². The number of halogens is 2. The monoisotopic (exact) mass is 384 g/mol. The molecule has 2 aliphatic rings. The number of aldehydes is 1. The molecule has 1 aliphatic carbocycles. The number of hydrogen-bond acceptors (Lipinski definition) is 2. The number of amides is 2. The Kier molecular flexibility index (Phi) is 5.11. The maximum Gasteiger partial charge on any atom is 0.322 e. The molecule has 4 nitrogen and oxygen atoms in total. The summed E-state index contributed by atoms with van der Waals surface area (Å²) in [6.45, 7) is 0.319. The van der Waals surface area contributed by atoms with Crippen LogP contribution in [0.15, 0.2) is 36.4 Å². The van der Waals surface area contributed by atoms with E-state index in [1.165, 1.54) is 16.5 Å². The highest BCUT2D eigenvalue weighted by atomic mass is 19.1. The molecule has 4 rings (SSSR count). The van der Waals surface area contributed by atoms with Gasteiger partial charge in [-0.25, -0.2) is 13.6 Å². The molecular formula is C22H22F2N2O2. The molecule has 0 spiro atoms. The molecular weight excluding hydrogens is 362 g/mol. The van der Waals surface area contributed by atoms with E-state index in [4.69, 9.17) is 0 Å². The van der Waals surface area contributed by atoms with Gasteiger partial charge in [-0.1, -0.05) is 12.1 Å². The van der Waals surface area contributed by atoms with Gasteiger partial charge >= 0.3 is 6.03 Å². The highest BCUT2D eigenvalue weighted by Gasteiger charge is 2.27. The summed E-state index contributed by atoms with van der Waals surface area (Å²) in [7, 11) is 0. The van der Waals surface area contributed by atoms with Crippen molar-refractivity contribution < 1.29 is 18.4 Å². The summed E-state index contributed by atoms with van der Waals surface area (Å²) in [5, 5.41) is 2.82. The van der Waals surface area contributed by atoms with Crippen LogP contribution in [-0.4, -0.2) is 17.2 Å². The minimum atomic E-state index is -0.628. The molecule has 28 heavy (non-hydrogen) atoms. The van der Waals surface area contributed by atoms with Gasteiger partial charge in [-0.15, -0.1) is 0 Å². The third-order valence-electron chi connectivity index (χ3n) is 5.85. The summed E-state index contributed by atoms with van der Waals surface area (Å²) in [5.74, 6) is -0.597. The Bertz CT molecular complexity index is 890. The van der Waals surface area contributed by atoms with Crippen LogP contribution < -0.4 is 5.32 Å². The molecule has 0 saturated heterocycles. The summed E-state index contributed by atoms with van der Waals surface area (Å²) >= 11 is 0. The van der Waals surface area contributed by atoms with Crippen molar-refractivity contribution in [3.8, 4) is 0 Å². The zero-order valence-corrected chi connectivity index (χ0v) is 15.5. The van der Waals surface area contributed by atoms with E-state index >= 15 is 0 Å². The second kappa shape index (κ2) is 7.70. The number of hydrogen-bond donors (Lipinski definition) is 1. The molecule has 0 aromatic heterocycles. The van der Waals surface area contributed by atoms with Gasteiger partial charge in [0.1, 0.15) is 17.9 Å². The zero-order chi connectivity index (χ0) is 19.7. The van der Waals surface area contributed by atoms with Gasteiger partial charge in [0.05, 0.1) is 6.54 Å². The third-order valence-corrected chi connectivity index (χ3v) is 5.85. The minimum absolute atomic E-state index is 0.130. The molecule has 0 radical (unpaired) electrons. The molecule has 0 atom stereocenters.